The van der Waals surface area contributed by atoms with Crippen LogP contribution in [-0.2, 0) is 0 Å². The maximum Gasteiger partial charge on any atom is 0.319 e. The molecule has 2 amide bonds. The van der Waals surface area contributed by atoms with Crippen LogP contribution in [-0.4, -0.2) is 11.6 Å². The summed E-state index contributed by atoms with van der Waals surface area (Å²) in [5.74, 6) is 2.49. The fraction of sp³-hybridized carbons (Fsp3) is 0.611. The lowest BCUT2D eigenvalue weighted by atomic mass is 9.53. The van der Waals surface area contributed by atoms with E-state index in [4.69, 9.17) is 5.73 Å². The first-order valence-corrected chi connectivity index (χ1v) is 8.47. The highest BCUT2D eigenvalue weighted by Gasteiger charge is 2.51. The van der Waals surface area contributed by atoms with Crippen LogP contribution in [0.25, 0.3) is 0 Å². The minimum absolute atomic E-state index is 0.0391. The Hall–Kier alpha value is -1.71. The lowest BCUT2D eigenvalue weighted by molar-refractivity contribution is -0.0127. The minimum Gasteiger partial charge on any atom is -0.397 e. The zero-order valence-electron chi connectivity index (χ0n) is 13.2. The third-order valence-electron chi connectivity index (χ3n) is 5.87. The zero-order chi connectivity index (χ0) is 15.3. The van der Waals surface area contributed by atoms with E-state index in [-0.39, 0.29) is 11.6 Å². The number of nitrogens with two attached hydrogens (primary N) is 1. The van der Waals surface area contributed by atoms with Crippen LogP contribution in [0.1, 0.15) is 44.1 Å². The Morgan fingerprint density at radius 1 is 1.14 bits per heavy atom. The van der Waals surface area contributed by atoms with Gasteiger partial charge in [0.1, 0.15) is 0 Å². The van der Waals surface area contributed by atoms with Crippen molar-refractivity contribution in [2.75, 3.05) is 11.1 Å². The van der Waals surface area contributed by atoms with Gasteiger partial charge in [0.05, 0.1) is 11.4 Å². The largest absolute Gasteiger partial charge is 0.397 e. The van der Waals surface area contributed by atoms with Crippen LogP contribution in [0.15, 0.2) is 18.2 Å². The van der Waals surface area contributed by atoms with E-state index in [0.29, 0.717) is 11.4 Å². The number of carbonyl (C=O) groups is 1. The monoisotopic (exact) mass is 299 g/mol. The second-order valence-corrected chi connectivity index (χ2v) is 7.87. The van der Waals surface area contributed by atoms with Crippen molar-refractivity contribution in [3.05, 3.63) is 23.8 Å². The zero-order valence-corrected chi connectivity index (χ0v) is 13.2. The molecule has 4 N–H and O–H groups in total. The molecule has 0 saturated heterocycles. The van der Waals surface area contributed by atoms with E-state index < -0.39 is 0 Å². The summed E-state index contributed by atoms with van der Waals surface area (Å²) in [4.78, 5) is 12.5. The topological polar surface area (TPSA) is 67.1 Å². The summed E-state index contributed by atoms with van der Waals surface area (Å²) in [6.07, 6.45) is 7.63. The Bertz CT molecular complexity index is 575. The third-order valence-corrected chi connectivity index (χ3v) is 5.87. The van der Waals surface area contributed by atoms with Crippen LogP contribution in [0.4, 0.5) is 16.2 Å². The molecule has 0 aromatic heterocycles. The number of rotatable bonds is 2. The summed E-state index contributed by atoms with van der Waals surface area (Å²) in [7, 11) is 0. The second-order valence-electron chi connectivity index (χ2n) is 7.87. The smallest absolute Gasteiger partial charge is 0.319 e. The molecule has 0 radical (unpaired) electrons. The molecule has 22 heavy (non-hydrogen) atoms. The van der Waals surface area contributed by atoms with E-state index in [1.807, 2.05) is 25.1 Å². The summed E-state index contributed by atoms with van der Waals surface area (Å²) < 4.78 is 0. The molecule has 0 unspecified atom stereocenters. The van der Waals surface area contributed by atoms with Crippen LogP contribution in [0, 0.1) is 24.7 Å². The van der Waals surface area contributed by atoms with Crippen molar-refractivity contribution in [2.45, 2.75) is 51.0 Å². The minimum atomic E-state index is -0.0979. The average molecular weight is 299 g/mol. The van der Waals surface area contributed by atoms with Gasteiger partial charge in [0.25, 0.3) is 0 Å². The third kappa shape index (κ3) is 2.44. The summed E-state index contributed by atoms with van der Waals surface area (Å²) in [5.41, 5.74) is 8.42. The van der Waals surface area contributed by atoms with E-state index in [1.165, 1.54) is 19.3 Å². The van der Waals surface area contributed by atoms with Gasteiger partial charge in [0.2, 0.25) is 0 Å². The molecule has 4 aliphatic rings. The predicted octanol–water partition coefficient (Wildman–Crippen LogP) is 3.67. The van der Waals surface area contributed by atoms with Crippen molar-refractivity contribution in [1.29, 1.82) is 0 Å². The molecule has 4 saturated carbocycles. The number of urea groups is 1. The molecule has 4 aliphatic carbocycles. The van der Waals surface area contributed by atoms with Crippen LogP contribution >= 0.6 is 0 Å². The van der Waals surface area contributed by atoms with Gasteiger partial charge in [-0.05, 0) is 80.9 Å². The SMILES string of the molecule is Cc1ccc(N)c(NC(=O)NC23CC4CC(CC(C4)C2)C3)c1. The lowest BCUT2D eigenvalue weighted by Gasteiger charge is -2.56. The van der Waals surface area contributed by atoms with Gasteiger partial charge in [-0.25, -0.2) is 4.79 Å². The summed E-state index contributed by atoms with van der Waals surface area (Å²) in [6.45, 7) is 2.00. The van der Waals surface area contributed by atoms with Crippen molar-refractivity contribution >= 4 is 17.4 Å². The van der Waals surface area contributed by atoms with E-state index in [0.717, 1.165) is 42.6 Å². The van der Waals surface area contributed by atoms with Crippen LogP contribution in [0.2, 0.25) is 0 Å². The first-order valence-electron chi connectivity index (χ1n) is 8.47. The maximum absolute atomic E-state index is 12.5. The average Bonchev–Trinajstić information content (AvgIpc) is 2.40. The normalized spacial score (nSPS) is 35.4. The number of anilines is 2. The van der Waals surface area contributed by atoms with Crippen molar-refractivity contribution in [2.24, 2.45) is 17.8 Å². The molecule has 1 aromatic carbocycles. The fourth-order valence-electron chi connectivity index (χ4n) is 5.44. The molecule has 0 spiro atoms. The number of hydrogen-bond acceptors (Lipinski definition) is 2. The second kappa shape index (κ2) is 4.90. The number of nitrogens with one attached hydrogen (secondary N) is 2. The van der Waals surface area contributed by atoms with Crippen LogP contribution in [0.5, 0.6) is 0 Å². The van der Waals surface area contributed by atoms with Crippen molar-refractivity contribution in [3.63, 3.8) is 0 Å². The van der Waals surface area contributed by atoms with Crippen molar-refractivity contribution in [1.82, 2.24) is 5.32 Å². The number of nitrogen functional groups attached to an aromatic ring is 1. The van der Waals surface area contributed by atoms with Crippen LogP contribution in [0.3, 0.4) is 0 Å². The molecule has 0 heterocycles. The van der Waals surface area contributed by atoms with Gasteiger partial charge >= 0.3 is 6.03 Å². The summed E-state index contributed by atoms with van der Waals surface area (Å²) in [5, 5.41) is 6.27. The molecule has 0 aliphatic heterocycles. The van der Waals surface area contributed by atoms with Gasteiger partial charge < -0.3 is 16.4 Å². The molecular weight excluding hydrogens is 274 g/mol. The molecule has 1 aromatic rings. The molecule has 4 fully saturated rings. The summed E-state index contributed by atoms with van der Waals surface area (Å²) >= 11 is 0. The highest BCUT2D eigenvalue weighted by Crippen LogP contribution is 2.55. The van der Waals surface area contributed by atoms with Crippen LogP contribution < -0.4 is 16.4 Å². The van der Waals surface area contributed by atoms with Gasteiger partial charge in [-0.2, -0.15) is 0 Å². The number of aryl methyl sites for hydroxylation is 1. The molecular formula is C18H25N3O. The Morgan fingerprint density at radius 2 is 1.73 bits per heavy atom. The molecule has 0 atom stereocenters. The standard InChI is InChI=1S/C18H25N3O/c1-11-2-3-15(19)16(4-11)20-17(22)21-18-8-12-5-13(9-18)7-14(6-12)10-18/h2-4,12-14H,5-10,19H2,1H3,(H2,20,21,22). The van der Waals surface area contributed by atoms with E-state index in [9.17, 15) is 4.79 Å². The fourth-order valence-corrected chi connectivity index (χ4v) is 5.44. The Balaban J connectivity index is 1.47. The quantitative estimate of drug-likeness (QED) is 0.729. The highest BCUT2D eigenvalue weighted by molar-refractivity contribution is 5.93. The highest BCUT2D eigenvalue weighted by atomic mass is 16.2. The lowest BCUT2D eigenvalue weighted by Crippen LogP contribution is -2.60. The summed E-state index contributed by atoms with van der Waals surface area (Å²) in [6, 6.07) is 5.63. The molecule has 4 heteroatoms. The van der Waals surface area contributed by atoms with Gasteiger partial charge in [-0.15, -0.1) is 0 Å². The van der Waals surface area contributed by atoms with E-state index >= 15 is 0 Å². The maximum atomic E-state index is 12.5. The molecule has 118 valence electrons. The molecule has 4 nitrogen and oxygen atoms in total. The Kier molecular flexibility index (Phi) is 3.10. The van der Waals surface area contributed by atoms with Crippen molar-refractivity contribution < 1.29 is 4.79 Å². The van der Waals surface area contributed by atoms with E-state index in [1.54, 1.807) is 0 Å². The number of carbonyl (C=O) groups excluding carboxylic acids is 1. The van der Waals surface area contributed by atoms with Crippen molar-refractivity contribution in [3.8, 4) is 0 Å². The van der Waals surface area contributed by atoms with E-state index in [2.05, 4.69) is 10.6 Å². The number of hydrogen-bond donors (Lipinski definition) is 3. The first-order chi connectivity index (χ1) is 10.5. The van der Waals surface area contributed by atoms with Gasteiger partial charge in [0.15, 0.2) is 0 Å². The molecule has 4 bridgehead atoms. The number of benzene rings is 1. The Labute approximate surface area is 131 Å². The van der Waals surface area contributed by atoms with Gasteiger partial charge in [-0.1, -0.05) is 6.07 Å². The van der Waals surface area contributed by atoms with Gasteiger partial charge in [-0.3, -0.25) is 0 Å². The first kappa shape index (κ1) is 13.9. The van der Waals surface area contributed by atoms with Gasteiger partial charge in [0, 0.05) is 5.54 Å². The Morgan fingerprint density at radius 3 is 2.32 bits per heavy atom. The predicted molar refractivity (Wildman–Crippen MR) is 88.6 cm³/mol. The molecule has 5 rings (SSSR count). The number of amides is 2.